The van der Waals surface area contributed by atoms with Crippen molar-refractivity contribution in [2.75, 3.05) is 7.11 Å². The molecule has 1 aromatic carbocycles. The summed E-state index contributed by atoms with van der Waals surface area (Å²) in [5.74, 6) is 0.642. The number of ketones is 1. The van der Waals surface area contributed by atoms with Crippen molar-refractivity contribution < 1.29 is 9.53 Å². The molecule has 74 valence electrons. The van der Waals surface area contributed by atoms with E-state index in [-0.39, 0.29) is 5.78 Å². The van der Waals surface area contributed by atoms with Crippen LogP contribution in [0.25, 0.3) is 6.08 Å². The van der Waals surface area contributed by atoms with Gasteiger partial charge in [0.2, 0.25) is 0 Å². The van der Waals surface area contributed by atoms with Crippen molar-refractivity contribution in [2.24, 2.45) is 0 Å². The molecule has 3 heteroatoms. The first-order valence-corrected chi connectivity index (χ1v) is 4.53. The van der Waals surface area contributed by atoms with Crippen molar-refractivity contribution in [3.8, 4) is 5.75 Å². The number of halogens is 1. The minimum Gasteiger partial charge on any atom is -0.495 e. The maximum atomic E-state index is 10.7. The molecule has 0 spiro atoms. The lowest BCUT2D eigenvalue weighted by Gasteiger charge is -2.02. The van der Waals surface area contributed by atoms with Gasteiger partial charge in [0.15, 0.2) is 5.78 Å². The van der Waals surface area contributed by atoms with E-state index in [1.807, 2.05) is 6.07 Å². The largest absolute Gasteiger partial charge is 0.495 e. The highest BCUT2D eigenvalue weighted by atomic mass is 35.5. The number of carbonyl (C=O) groups excluding carboxylic acids is 1. The number of hydrogen-bond donors (Lipinski definition) is 0. The van der Waals surface area contributed by atoms with Gasteiger partial charge in [0.1, 0.15) is 5.75 Å². The highest BCUT2D eigenvalue weighted by molar-refractivity contribution is 6.32. The van der Waals surface area contributed by atoms with Crippen LogP contribution in [0.1, 0.15) is 12.5 Å². The Bertz CT molecular complexity index is 370. The van der Waals surface area contributed by atoms with Gasteiger partial charge in [-0.3, -0.25) is 4.79 Å². The fraction of sp³-hybridized carbons (Fsp3) is 0.182. The average molecular weight is 211 g/mol. The number of methoxy groups -OCH3 is 1. The summed E-state index contributed by atoms with van der Waals surface area (Å²) in [6.45, 7) is 1.50. The van der Waals surface area contributed by atoms with Crippen molar-refractivity contribution in [2.45, 2.75) is 6.92 Å². The predicted octanol–water partition coefficient (Wildman–Crippen LogP) is 2.95. The maximum Gasteiger partial charge on any atom is 0.152 e. The monoisotopic (exact) mass is 210 g/mol. The molecule has 0 amide bonds. The van der Waals surface area contributed by atoms with Crippen LogP contribution < -0.4 is 4.74 Å². The SMILES string of the molecule is COc1ccc(/C=C/C(C)=O)cc1Cl. The molecule has 0 fully saturated rings. The zero-order valence-corrected chi connectivity index (χ0v) is 8.84. The van der Waals surface area contributed by atoms with Gasteiger partial charge in [0.05, 0.1) is 12.1 Å². The second kappa shape index (κ2) is 4.82. The van der Waals surface area contributed by atoms with Gasteiger partial charge in [-0.15, -0.1) is 0 Å². The van der Waals surface area contributed by atoms with Crippen molar-refractivity contribution in [1.82, 2.24) is 0 Å². The summed E-state index contributed by atoms with van der Waals surface area (Å²) in [5, 5.41) is 0.540. The van der Waals surface area contributed by atoms with Crippen LogP contribution in [0.2, 0.25) is 5.02 Å². The molecule has 0 aromatic heterocycles. The van der Waals surface area contributed by atoms with Gasteiger partial charge in [0.25, 0.3) is 0 Å². The van der Waals surface area contributed by atoms with Gasteiger partial charge in [-0.1, -0.05) is 23.7 Å². The molecule has 0 saturated carbocycles. The Morgan fingerprint density at radius 3 is 2.71 bits per heavy atom. The van der Waals surface area contributed by atoms with Gasteiger partial charge >= 0.3 is 0 Å². The van der Waals surface area contributed by atoms with Crippen LogP contribution in [0.5, 0.6) is 5.75 Å². The summed E-state index contributed by atoms with van der Waals surface area (Å²) in [5.41, 5.74) is 0.881. The normalized spacial score (nSPS) is 10.5. The molecular formula is C11H11ClO2. The van der Waals surface area contributed by atoms with Crippen LogP contribution in [-0.2, 0) is 4.79 Å². The van der Waals surface area contributed by atoms with Crippen LogP contribution in [0.4, 0.5) is 0 Å². The molecule has 0 bridgehead atoms. The Morgan fingerprint density at radius 1 is 1.50 bits per heavy atom. The van der Waals surface area contributed by atoms with E-state index < -0.39 is 0 Å². The Balaban J connectivity index is 2.91. The number of allylic oxidation sites excluding steroid dienone is 1. The molecule has 1 aromatic rings. The lowest BCUT2D eigenvalue weighted by atomic mass is 10.2. The molecule has 2 nitrogen and oxygen atoms in total. The fourth-order valence-electron chi connectivity index (χ4n) is 1.000. The molecule has 0 aliphatic heterocycles. The Morgan fingerprint density at radius 2 is 2.21 bits per heavy atom. The zero-order valence-electron chi connectivity index (χ0n) is 8.08. The average Bonchev–Trinajstić information content (AvgIpc) is 2.15. The molecule has 0 unspecified atom stereocenters. The lowest BCUT2D eigenvalue weighted by Crippen LogP contribution is -1.85. The minimum atomic E-state index is 0.0111. The zero-order chi connectivity index (χ0) is 10.6. The second-order valence-corrected chi connectivity index (χ2v) is 3.25. The van der Waals surface area contributed by atoms with E-state index in [2.05, 4.69) is 0 Å². The van der Waals surface area contributed by atoms with E-state index >= 15 is 0 Å². The molecule has 1 rings (SSSR count). The van der Waals surface area contributed by atoms with Crippen molar-refractivity contribution in [3.63, 3.8) is 0 Å². The molecule has 0 aliphatic rings. The van der Waals surface area contributed by atoms with Crippen LogP contribution in [-0.4, -0.2) is 12.9 Å². The minimum absolute atomic E-state index is 0.0111. The summed E-state index contributed by atoms with van der Waals surface area (Å²) in [4.78, 5) is 10.7. The van der Waals surface area contributed by atoms with Crippen molar-refractivity contribution in [1.29, 1.82) is 0 Å². The lowest BCUT2D eigenvalue weighted by molar-refractivity contribution is -0.112. The molecule has 0 atom stereocenters. The van der Waals surface area contributed by atoms with E-state index in [9.17, 15) is 4.79 Å². The second-order valence-electron chi connectivity index (χ2n) is 2.84. The topological polar surface area (TPSA) is 26.3 Å². The van der Waals surface area contributed by atoms with Crippen LogP contribution in [0, 0.1) is 0 Å². The molecule has 0 radical (unpaired) electrons. The van der Waals surface area contributed by atoms with E-state index in [1.165, 1.54) is 13.0 Å². The van der Waals surface area contributed by atoms with Gasteiger partial charge < -0.3 is 4.74 Å². The molecular weight excluding hydrogens is 200 g/mol. The number of ether oxygens (including phenoxy) is 1. The van der Waals surface area contributed by atoms with Gasteiger partial charge in [-0.25, -0.2) is 0 Å². The van der Waals surface area contributed by atoms with E-state index in [0.29, 0.717) is 10.8 Å². The number of hydrogen-bond acceptors (Lipinski definition) is 2. The third kappa shape index (κ3) is 2.89. The summed E-state index contributed by atoms with van der Waals surface area (Å²) in [7, 11) is 1.56. The summed E-state index contributed by atoms with van der Waals surface area (Å²) in [6.07, 6.45) is 3.21. The Kier molecular flexibility index (Phi) is 3.72. The summed E-state index contributed by atoms with van der Waals surface area (Å²) in [6, 6.07) is 5.35. The van der Waals surface area contributed by atoms with Crippen molar-refractivity contribution >= 4 is 23.5 Å². The summed E-state index contributed by atoms with van der Waals surface area (Å²) >= 11 is 5.90. The first kappa shape index (κ1) is 10.8. The standard InChI is InChI=1S/C11H11ClO2/c1-8(13)3-4-9-5-6-11(14-2)10(12)7-9/h3-7H,1-2H3/b4-3+. The van der Waals surface area contributed by atoms with Gasteiger partial charge in [-0.05, 0) is 30.7 Å². The van der Waals surface area contributed by atoms with Crippen molar-refractivity contribution in [3.05, 3.63) is 34.9 Å². The first-order valence-electron chi connectivity index (χ1n) is 4.15. The molecule has 14 heavy (non-hydrogen) atoms. The molecule has 0 heterocycles. The number of benzene rings is 1. The fourth-order valence-corrected chi connectivity index (χ4v) is 1.27. The highest BCUT2D eigenvalue weighted by Gasteiger charge is 1.99. The van der Waals surface area contributed by atoms with E-state index in [0.717, 1.165) is 5.56 Å². The van der Waals surface area contributed by atoms with E-state index in [1.54, 1.807) is 25.3 Å². The van der Waals surface area contributed by atoms with E-state index in [4.69, 9.17) is 16.3 Å². The molecule has 0 saturated heterocycles. The quantitative estimate of drug-likeness (QED) is 0.717. The predicted molar refractivity (Wildman–Crippen MR) is 57.7 cm³/mol. The molecule has 0 aliphatic carbocycles. The number of rotatable bonds is 3. The summed E-state index contributed by atoms with van der Waals surface area (Å²) < 4.78 is 5.00. The number of carbonyl (C=O) groups is 1. The van der Waals surface area contributed by atoms with Crippen LogP contribution >= 0.6 is 11.6 Å². The first-order chi connectivity index (χ1) is 6.63. The smallest absolute Gasteiger partial charge is 0.152 e. The Hall–Kier alpha value is -1.28. The highest BCUT2D eigenvalue weighted by Crippen LogP contribution is 2.25. The van der Waals surface area contributed by atoms with Gasteiger partial charge in [0, 0.05) is 0 Å². The van der Waals surface area contributed by atoms with Gasteiger partial charge in [-0.2, -0.15) is 0 Å². The molecule has 0 N–H and O–H groups in total. The third-order valence-electron chi connectivity index (χ3n) is 1.69. The van der Waals surface area contributed by atoms with Crippen LogP contribution in [0.3, 0.4) is 0 Å². The maximum absolute atomic E-state index is 10.7. The third-order valence-corrected chi connectivity index (χ3v) is 1.98. The van der Waals surface area contributed by atoms with Crippen LogP contribution in [0.15, 0.2) is 24.3 Å². The Labute approximate surface area is 88.1 Å².